The van der Waals surface area contributed by atoms with Crippen molar-refractivity contribution in [1.82, 2.24) is 10.2 Å². The van der Waals surface area contributed by atoms with E-state index in [4.69, 9.17) is 0 Å². The molecule has 1 aromatic rings. The van der Waals surface area contributed by atoms with Gasteiger partial charge in [0.1, 0.15) is 5.82 Å². The van der Waals surface area contributed by atoms with Crippen molar-refractivity contribution >= 4 is 21.8 Å². The molecule has 3 rings (SSSR count). The first-order chi connectivity index (χ1) is 9.08. The van der Waals surface area contributed by atoms with Gasteiger partial charge in [-0.3, -0.25) is 4.79 Å². The molecule has 2 saturated heterocycles. The predicted molar refractivity (Wildman–Crippen MR) is 74.4 cm³/mol. The molecule has 2 aliphatic rings. The Hall–Kier alpha value is -0.940. The van der Waals surface area contributed by atoms with Crippen LogP contribution in [0, 0.1) is 17.7 Å². The van der Waals surface area contributed by atoms with Gasteiger partial charge in [0.2, 0.25) is 0 Å². The summed E-state index contributed by atoms with van der Waals surface area (Å²) in [5, 5.41) is 3.38. The van der Waals surface area contributed by atoms with Crippen LogP contribution in [-0.2, 0) is 0 Å². The molecule has 102 valence electrons. The molecule has 2 heterocycles. The highest BCUT2D eigenvalue weighted by Crippen LogP contribution is 2.34. The maximum atomic E-state index is 13.1. The topological polar surface area (TPSA) is 32.3 Å². The molecule has 0 spiro atoms. The Morgan fingerprint density at radius 1 is 1.47 bits per heavy atom. The van der Waals surface area contributed by atoms with Crippen LogP contribution in [0.1, 0.15) is 17.3 Å². The number of benzene rings is 1. The molecule has 3 atom stereocenters. The summed E-state index contributed by atoms with van der Waals surface area (Å²) in [5.41, 5.74) is 0.543. The molecule has 2 aliphatic heterocycles. The number of rotatable bonds is 1. The molecule has 0 aromatic heterocycles. The van der Waals surface area contributed by atoms with Gasteiger partial charge < -0.3 is 10.2 Å². The van der Waals surface area contributed by atoms with Crippen LogP contribution in [0.4, 0.5) is 4.39 Å². The third-order valence-corrected chi connectivity index (χ3v) is 5.01. The maximum absolute atomic E-state index is 13.1. The number of likely N-dealkylation sites (tertiary alicyclic amines) is 1. The second-order valence-corrected chi connectivity index (χ2v) is 6.26. The van der Waals surface area contributed by atoms with Gasteiger partial charge in [0.15, 0.2) is 0 Å². The molecule has 5 heteroatoms. The highest BCUT2D eigenvalue weighted by Gasteiger charge is 2.44. The van der Waals surface area contributed by atoms with Crippen molar-refractivity contribution in [3.05, 3.63) is 34.1 Å². The summed E-state index contributed by atoms with van der Waals surface area (Å²) < 4.78 is 13.6. The van der Waals surface area contributed by atoms with Crippen LogP contribution in [0.15, 0.2) is 22.7 Å². The first-order valence-electron chi connectivity index (χ1n) is 6.54. The molecule has 0 bridgehead atoms. The third-order valence-electron chi connectivity index (χ3n) is 4.36. The van der Waals surface area contributed by atoms with Crippen LogP contribution in [0.25, 0.3) is 0 Å². The smallest absolute Gasteiger partial charge is 0.255 e. The summed E-state index contributed by atoms with van der Waals surface area (Å²) >= 11 is 3.28. The lowest BCUT2D eigenvalue weighted by Gasteiger charge is -2.25. The molecule has 1 amide bonds. The Balaban J connectivity index is 1.84. The summed E-state index contributed by atoms with van der Waals surface area (Å²) in [5.74, 6) is 0.758. The number of fused-ring (bicyclic) bond motifs is 1. The lowest BCUT2D eigenvalue weighted by molar-refractivity contribution is 0.0727. The van der Waals surface area contributed by atoms with Gasteiger partial charge in [-0.1, -0.05) is 0 Å². The van der Waals surface area contributed by atoms with Crippen LogP contribution >= 0.6 is 15.9 Å². The average molecular weight is 327 g/mol. The number of nitrogens with zero attached hydrogens (tertiary/aromatic N) is 1. The highest BCUT2D eigenvalue weighted by atomic mass is 79.9. The van der Waals surface area contributed by atoms with E-state index in [2.05, 4.69) is 28.2 Å². The van der Waals surface area contributed by atoms with Gasteiger partial charge in [0, 0.05) is 30.1 Å². The van der Waals surface area contributed by atoms with Gasteiger partial charge in [-0.15, -0.1) is 0 Å². The molecule has 1 N–H and O–H groups in total. The molecule has 0 aliphatic carbocycles. The summed E-state index contributed by atoms with van der Waals surface area (Å²) in [4.78, 5) is 14.5. The van der Waals surface area contributed by atoms with E-state index in [-0.39, 0.29) is 17.8 Å². The van der Waals surface area contributed by atoms with Crippen LogP contribution in [0.3, 0.4) is 0 Å². The second-order valence-electron chi connectivity index (χ2n) is 5.40. The fourth-order valence-electron chi connectivity index (χ4n) is 3.25. The number of carbonyl (C=O) groups is 1. The van der Waals surface area contributed by atoms with Crippen molar-refractivity contribution in [2.75, 3.05) is 19.6 Å². The number of hydrogen-bond acceptors (Lipinski definition) is 2. The zero-order valence-corrected chi connectivity index (χ0v) is 12.3. The van der Waals surface area contributed by atoms with Crippen LogP contribution in [0.2, 0.25) is 0 Å². The Morgan fingerprint density at radius 2 is 2.26 bits per heavy atom. The Kier molecular flexibility index (Phi) is 3.35. The monoisotopic (exact) mass is 326 g/mol. The summed E-state index contributed by atoms with van der Waals surface area (Å²) in [6.45, 7) is 4.87. The maximum Gasteiger partial charge on any atom is 0.255 e. The van der Waals surface area contributed by atoms with Crippen molar-refractivity contribution in [2.45, 2.75) is 13.0 Å². The fourth-order valence-corrected chi connectivity index (χ4v) is 3.77. The average Bonchev–Trinajstić information content (AvgIpc) is 2.92. The SMILES string of the molecule is CC1C2CNCC2CN1C(=O)c1ccc(F)cc1Br. The van der Waals surface area contributed by atoms with Crippen molar-refractivity contribution < 1.29 is 9.18 Å². The summed E-state index contributed by atoms with van der Waals surface area (Å²) in [7, 11) is 0. The van der Waals surface area contributed by atoms with Gasteiger partial charge in [0.25, 0.3) is 5.91 Å². The first kappa shape index (κ1) is 13.1. The van der Waals surface area contributed by atoms with Crippen LogP contribution < -0.4 is 5.32 Å². The van der Waals surface area contributed by atoms with E-state index in [1.165, 1.54) is 12.1 Å². The minimum Gasteiger partial charge on any atom is -0.335 e. The fraction of sp³-hybridized carbons (Fsp3) is 0.500. The summed E-state index contributed by atoms with van der Waals surface area (Å²) in [6.07, 6.45) is 0. The minimum absolute atomic E-state index is 0.00576. The van der Waals surface area contributed by atoms with E-state index >= 15 is 0 Å². The predicted octanol–water partition coefficient (Wildman–Crippen LogP) is 2.27. The Bertz CT molecular complexity index is 522. The van der Waals surface area contributed by atoms with Gasteiger partial charge >= 0.3 is 0 Å². The molecule has 2 fully saturated rings. The minimum atomic E-state index is -0.334. The first-order valence-corrected chi connectivity index (χ1v) is 7.34. The van der Waals surface area contributed by atoms with E-state index in [0.29, 0.717) is 21.9 Å². The van der Waals surface area contributed by atoms with Crippen molar-refractivity contribution in [2.24, 2.45) is 11.8 Å². The van der Waals surface area contributed by atoms with Gasteiger partial charge in [0.05, 0.1) is 5.56 Å². The number of hydrogen-bond donors (Lipinski definition) is 1. The van der Waals surface area contributed by atoms with Crippen LogP contribution in [-0.4, -0.2) is 36.5 Å². The van der Waals surface area contributed by atoms with E-state index in [1.54, 1.807) is 6.07 Å². The number of carbonyl (C=O) groups excluding carboxylic acids is 1. The zero-order valence-electron chi connectivity index (χ0n) is 10.7. The van der Waals surface area contributed by atoms with E-state index in [0.717, 1.165) is 19.6 Å². The van der Waals surface area contributed by atoms with Crippen LogP contribution in [0.5, 0.6) is 0 Å². The third kappa shape index (κ3) is 2.19. The quantitative estimate of drug-likeness (QED) is 0.858. The summed E-state index contributed by atoms with van der Waals surface area (Å²) in [6, 6.07) is 4.47. The lowest BCUT2D eigenvalue weighted by atomic mass is 9.95. The Labute approximate surface area is 120 Å². The van der Waals surface area contributed by atoms with E-state index in [9.17, 15) is 9.18 Å². The van der Waals surface area contributed by atoms with Gasteiger partial charge in [-0.05, 0) is 52.9 Å². The van der Waals surface area contributed by atoms with Gasteiger partial charge in [-0.2, -0.15) is 0 Å². The van der Waals surface area contributed by atoms with Crippen molar-refractivity contribution in [1.29, 1.82) is 0 Å². The largest absolute Gasteiger partial charge is 0.335 e. The molecular weight excluding hydrogens is 311 g/mol. The Morgan fingerprint density at radius 3 is 2.95 bits per heavy atom. The molecule has 0 saturated carbocycles. The van der Waals surface area contributed by atoms with Crippen molar-refractivity contribution in [3.63, 3.8) is 0 Å². The molecule has 1 aromatic carbocycles. The number of amides is 1. The molecule has 19 heavy (non-hydrogen) atoms. The number of nitrogens with one attached hydrogen (secondary N) is 1. The molecule has 0 radical (unpaired) electrons. The van der Waals surface area contributed by atoms with Crippen molar-refractivity contribution in [3.8, 4) is 0 Å². The van der Waals surface area contributed by atoms with E-state index in [1.807, 2.05) is 4.90 Å². The standard InChI is InChI=1S/C14H16BrFN2O/c1-8-12-6-17-5-9(12)7-18(8)14(19)11-3-2-10(16)4-13(11)15/h2-4,8-9,12,17H,5-7H2,1H3. The molecular formula is C14H16BrFN2O. The lowest BCUT2D eigenvalue weighted by Crippen LogP contribution is -2.38. The zero-order chi connectivity index (χ0) is 13.6. The highest BCUT2D eigenvalue weighted by molar-refractivity contribution is 9.10. The second kappa shape index (κ2) is 4.87. The van der Waals surface area contributed by atoms with Gasteiger partial charge in [-0.25, -0.2) is 4.39 Å². The number of halogens is 2. The van der Waals surface area contributed by atoms with E-state index < -0.39 is 0 Å². The molecule has 3 nitrogen and oxygen atoms in total. The molecule has 3 unspecified atom stereocenters. The normalized spacial score (nSPS) is 29.6.